The molecule has 0 aromatic heterocycles. The van der Waals surface area contributed by atoms with E-state index in [4.69, 9.17) is 11.5 Å². The molecule has 2 fully saturated rings. The van der Waals surface area contributed by atoms with E-state index in [1.165, 1.54) is 11.8 Å². The van der Waals surface area contributed by atoms with Gasteiger partial charge in [0.25, 0.3) is 0 Å². The van der Waals surface area contributed by atoms with Crippen LogP contribution in [0.1, 0.15) is 52.9 Å². The van der Waals surface area contributed by atoms with E-state index >= 15 is 0 Å². The lowest BCUT2D eigenvalue weighted by Gasteiger charge is -2.33. The number of amides is 3. The highest BCUT2D eigenvalue weighted by Crippen LogP contribution is 2.28. The highest BCUT2D eigenvalue weighted by Gasteiger charge is 2.43. The summed E-state index contributed by atoms with van der Waals surface area (Å²) in [6.45, 7) is 5.97. The van der Waals surface area contributed by atoms with Crippen LogP contribution < -0.4 is 11.5 Å². The summed E-state index contributed by atoms with van der Waals surface area (Å²) in [7, 11) is 0. The molecule has 3 amide bonds. The lowest BCUT2D eigenvalue weighted by Crippen LogP contribution is -2.56. The summed E-state index contributed by atoms with van der Waals surface area (Å²) in [6.07, 6.45) is 1.41. The van der Waals surface area contributed by atoms with Gasteiger partial charge >= 0.3 is 0 Å². The third-order valence-electron chi connectivity index (χ3n) is 6.12. The molecule has 2 heterocycles. The largest absolute Gasteiger partial charge is 0.391 e. The van der Waals surface area contributed by atoms with Gasteiger partial charge in [-0.1, -0.05) is 13.8 Å². The van der Waals surface area contributed by atoms with Crippen LogP contribution in [-0.4, -0.2) is 75.7 Å². The minimum atomic E-state index is -1.08. The van der Waals surface area contributed by atoms with Crippen LogP contribution in [0.2, 0.25) is 0 Å². The molecule has 29 heavy (non-hydrogen) atoms. The van der Waals surface area contributed by atoms with E-state index in [-0.39, 0.29) is 24.0 Å². The zero-order chi connectivity index (χ0) is 21.9. The predicted octanol–water partition coefficient (Wildman–Crippen LogP) is -0.607. The van der Waals surface area contributed by atoms with Gasteiger partial charge in [-0.3, -0.25) is 19.2 Å². The van der Waals surface area contributed by atoms with Gasteiger partial charge in [-0.15, -0.1) is 0 Å². The van der Waals surface area contributed by atoms with Crippen molar-refractivity contribution in [3.63, 3.8) is 0 Å². The zero-order valence-corrected chi connectivity index (χ0v) is 17.5. The van der Waals surface area contributed by atoms with Crippen LogP contribution in [-0.2, 0) is 19.2 Å². The molecular weight excluding hydrogens is 376 g/mol. The first-order valence-corrected chi connectivity index (χ1v) is 10.4. The second-order valence-electron chi connectivity index (χ2n) is 8.57. The molecule has 2 rings (SSSR count). The van der Waals surface area contributed by atoms with Gasteiger partial charge in [0, 0.05) is 25.4 Å². The topological polar surface area (TPSA) is 147 Å². The van der Waals surface area contributed by atoms with Crippen LogP contribution in [0, 0.1) is 11.8 Å². The van der Waals surface area contributed by atoms with Crippen LogP contribution >= 0.6 is 0 Å². The number of aliphatic hydroxyl groups excluding tert-OH is 1. The number of ketones is 1. The number of Topliss-reactive ketones (excluding diaryl/α,β-unsaturated/α-hetero) is 1. The van der Waals surface area contributed by atoms with E-state index in [2.05, 4.69) is 0 Å². The maximum Gasteiger partial charge on any atom is 0.245 e. The molecule has 2 aliphatic heterocycles. The Morgan fingerprint density at radius 3 is 2.07 bits per heavy atom. The molecule has 0 aromatic carbocycles. The van der Waals surface area contributed by atoms with E-state index in [0.29, 0.717) is 38.8 Å². The lowest BCUT2D eigenvalue weighted by atomic mass is 9.88. The predicted molar refractivity (Wildman–Crippen MR) is 106 cm³/mol. The highest BCUT2D eigenvalue weighted by molar-refractivity contribution is 5.95. The third kappa shape index (κ3) is 5.14. The molecule has 0 saturated carbocycles. The number of likely N-dealkylation sites (tertiary alicyclic amines) is 2. The maximum absolute atomic E-state index is 13.2. The zero-order valence-electron chi connectivity index (χ0n) is 17.5. The van der Waals surface area contributed by atoms with Gasteiger partial charge in [0.1, 0.15) is 12.1 Å². The summed E-state index contributed by atoms with van der Waals surface area (Å²) >= 11 is 0. The van der Waals surface area contributed by atoms with E-state index in [0.717, 1.165) is 0 Å². The molecule has 2 saturated heterocycles. The molecule has 164 valence electrons. The second-order valence-corrected chi connectivity index (χ2v) is 8.57. The van der Waals surface area contributed by atoms with Crippen molar-refractivity contribution >= 4 is 23.5 Å². The number of carbonyl (C=O) groups is 4. The molecule has 0 spiro atoms. The standard InChI is InChI=1S/C20H34N4O5/c1-11(2)13(18(22)27)10-16(26)14-6-4-8-23(14)19(28)15-7-5-9-24(15)20(29)17(21)12(3)25/h11-15,17,25H,4-10,21H2,1-3H3,(H2,22,27)/t12-,13+,14?,15?,17?/m1/s1. The molecular formula is C20H34N4O5. The first kappa shape index (κ1) is 23.3. The number of hydrogen-bond donors (Lipinski definition) is 3. The van der Waals surface area contributed by atoms with Gasteiger partial charge in [0.2, 0.25) is 17.7 Å². The van der Waals surface area contributed by atoms with Crippen LogP contribution in [0.5, 0.6) is 0 Å². The van der Waals surface area contributed by atoms with E-state index in [1.54, 1.807) is 4.90 Å². The summed E-state index contributed by atoms with van der Waals surface area (Å²) in [5.74, 6) is -2.01. The molecule has 0 aliphatic carbocycles. The van der Waals surface area contributed by atoms with Gasteiger partial charge in [-0.2, -0.15) is 0 Å². The summed E-state index contributed by atoms with van der Waals surface area (Å²) in [4.78, 5) is 53.3. The Labute approximate surface area is 171 Å². The third-order valence-corrected chi connectivity index (χ3v) is 6.12. The quantitative estimate of drug-likeness (QED) is 0.486. The van der Waals surface area contributed by atoms with E-state index < -0.39 is 42.0 Å². The minimum absolute atomic E-state index is 0.0155. The fourth-order valence-corrected chi connectivity index (χ4v) is 4.26. The van der Waals surface area contributed by atoms with Gasteiger partial charge in [-0.05, 0) is 38.5 Å². The SMILES string of the molecule is CC(C)[C@H](CC(=O)C1CCCN1C(=O)C1CCCN1C(=O)C(N)[C@@H](C)O)C(N)=O. The first-order chi connectivity index (χ1) is 13.6. The lowest BCUT2D eigenvalue weighted by molar-refractivity contribution is -0.148. The summed E-state index contributed by atoms with van der Waals surface area (Å²) in [5.41, 5.74) is 11.2. The van der Waals surface area contributed by atoms with Crippen molar-refractivity contribution in [1.29, 1.82) is 0 Å². The number of nitrogens with two attached hydrogens (primary N) is 2. The van der Waals surface area contributed by atoms with Gasteiger partial charge in [0.15, 0.2) is 5.78 Å². The second kappa shape index (κ2) is 9.67. The Bertz CT molecular complexity index is 651. The van der Waals surface area contributed by atoms with Crippen LogP contribution in [0.3, 0.4) is 0 Å². The fraction of sp³-hybridized carbons (Fsp3) is 0.800. The Morgan fingerprint density at radius 2 is 1.55 bits per heavy atom. The van der Waals surface area contributed by atoms with Crippen molar-refractivity contribution in [2.75, 3.05) is 13.1 Å². The molecule has 9 nitrogen and oxygen atoms in total. The van der Waals surface area contributed by atoms with Crippen molar-refractivity contribution in [3.8, 4) is 0 Å². The van der Waals surface area contributed by atoms with Crippen molar-refractivity contribution < 1.29 is 24.3 Å². The number of rotatable bonds is 8. The van der Waals surface area contributed by atoms with Crippen LogP contribution in [0.25, 0.3) is 0 Å². The molecule has 3 unspecified atom stereocenters. The Kier molecular flexibility index (Phi) is 7.76. The maximum atomic E-state index is 13.2. The van der Waals surface area contributed by atoms with Crippen molar-refractivity contribution in [3.05, 3.63) is 0 Å². The number of primary amides is 1. The smallest absolute Gasteiger partial charge is 0.245 e. The Hall–Kier alpha value is -2.00. The number of aliphatic hydroxyl groups is 1. The normalized spacial score (nSPS) is 25.2. The average molecular weight is 411 g/mol. The molecule has 0 radical (unpaired) electrons. The summed E-state index contributed by atoms with van der Waals surface area (Å²) < 4.78 is 0. The molecule has 9 heteroatoms. The highest BCUT2D eigenvalue weighted by atomic mass is 16.3. The summed E-state index contributed by atoms with van der Waals surface area (Å²) in [5, 5.41) is 9.63. The number of carbonyl (C=O) groups excluding carboxylic acids is 4. The number of nitrogens with zero attached hydrogens (tertiary/aromatic N) is 2. The molecule has 0 bridgehead atoms. The van der Waals surface area contributed by atoms with Crippen LogP contribution in [0.4, 0.5) is 0 Å². The van der Waals surface area contributed by atoms with Gasteiger partial charge < -0.3 is 26.4 Å². The van der Waals surface area contributed by atoms with E-state index in [9.17, 15) is 24.3 Å². The molecule has 5 atom stereocenters. The average Bonchev–Trinajstić information content (AvgIpc) is 3.32. The minimum Gasteiger partial charge on any atom is -0.391 e. The van der Waals surface area contributed by atoms with Crippen molar-refractivity contribution in [1.82, 2.24) is 9.80 Å². The van der Waals surface area contributed by atoms with Gasteiger partial charge in [-0.25, -0.2) is 0 Å². The van der Waals surface area contributed by atoms with Crippen molar-refractivity contribution in [2.24, 2.45) is 23.3 Å². The Balaban J connectivity index is 2.11. The molecule has 5 N–H and O–H groups in total. The van der Waals surface area contributed by atoms with Crippen LogP contribution in [0.15, 0.2) is 0 Å². The van der Waals surface area contributed by atoms with E-state index in [1.807, 2.05) is 13.8 Å². The van der Waals surface area contributed by atoms with Crippen molar-refractivity contribution in [2.45, 2.75) is 77.1 Å². The first-order valence-electron chi connectivity index (χ1n) is 10.4. The molecule has 0 aromatic rings. The number of hydrogen-bond acceptors (Lipinski definition) is 6. The fourth-order valence-electron chi connectivity index (χ4n) is 4.26. The summed E-state index contributed by atoms with van der Waals surface area (Å²) in [6, 6.07) is -2.34. The monoisotopic (exact) mass is 410 g/mol. The molecule has 2 aliphatic rings. The Morgan fingerprint density at radius 1 is 1.00 bits per heavy atom. The van der Waals surface area contributed by atoms with Gasteiger partial charge in [0.05, 0.1) is 12.1 Å².